The van der Waals surface area contributed by atoms with Gasteiger partial charge in [0.1, 0.15) is 5.02 Å². The zero-order valence-electron chi connectivity index (χ0n) is 11.3. The second-order valence-corrected chi connectivity index (χ2v) is 5.76. The van der Waals surface area contributed by atoms with Gasteiger partial charge in [-0.05, 0) is 43.3 Å². The minimum Gasteiger partial charge on any atom is -0.397 e. The summed E-state index contributed by atoms with van der Waals surface area (Å²) >= 11 is 7.01. The van der Waals surface area contributed by atoms with Crippen molar-refractivity contribution < 1.29 is 9.18 Å². The van der Waals surface area contributed by atoms with E-state index in [-0.39, 0.29) is 16.6 Å². The molecule has 21 heavy (non-hydrogen) atoms. The second-order valence-electron chi connectivity index (χ2n) is 4.27. The van der Waals surface area contributed by atoms with Gasteiger partial charge in [0.2, 0.25) is 0 Å². The topological polar surface area (TPSA) is 55.1 Å². The van der Waals surface area contributed by atoms with Gasteiger partial charge in [-0.2, -0.15) is 0 Å². The molecule has 0 bridgehead atoms. The number of amides is 1. The summed E-state index contributed by atoms with van der Waals surface area (Å²) in [7, 11) is 0. The van der Waals surface area contributed by atoms with E-state index in [0.29, 0.717) is 17.0 Å². The Bertz CT molecular complexity index is 661. The lowest BCUT2D eigenvalue weighted by atomic mass is 10.2. The van der Waals surface area contributed by atoms with E-state index in [2.05, 4.69) is 5.32 Å². The van der Waals surface area contributed by atoms with Crippen LogP contribution < -0.4 is 11.1 Å². The van der Waals surface area contributed by atoms with Crippen LogP contribution in [0.2, 0.25) is 5.02 Å². The molecule has 0 unspecified atom stereocenters. The number of anilines is 1. The number of carbonyl (C=O) groups is 1. The Labute approximate surface area is 131 Å². The molecular formula is C15H14ClFN2OS. The summed E-state index contributed by atoms with van der Waals surface area (Å²) in [5.41, 5.74) is 6.32. The largest absolute Gasteiger partial charge is 0.397 e. The molecule has 6 heteroatoms. The molecule has 0 aliphatic rings. The van der Waals surface area contributed by atoms with Crippen molar-refractivity contribution in [3.8, 4) is 0 Å². The molecule has 0 atom stereocenters. The van der Waals surface area contributed by atoms with Gasteiger partial charge in [-0.25, -0.2) is 4.39 Å². The van der Waals surface area contributed by atoms with Crippen LogP contribution in [0.4, 0.5) is 10.1 Å². The lowest BCUT2D eigenvalue weighted by Crippen LogP contribution is -2.22. The van der Waals surface area contributed by atoms with Gasteiger partial charge in [0.05, 0.1) is 5.69 Å². The fraction of sp³-hybridized carbons (Fsp3) is 0.133. The quantitative estimate of drug-likeness (QED) is 0.837. The van der Waals surface area contributed by atoms with Gasteiger partial charge in [0.15, 0.2) is 5.82 Å². The molecule has 0 fully saturated rings. The zero-order chi connectivity index (χ0) is 15.4. The van der Waals surface area contributed by atoms with E-state index in [1.165, 1.54) is 11.8 Å². The van der Waals surface area contributed by atoms with E-state index in [4.69, 9.17) is 17.3 Å². The van der Waals surface area contributed by atoms with Crippen molar-refractivity contribution in [1.29, 1.82) is 0 Å². The summed E-state index contributed by atoms with van der Waals surface area (Å²) in [6, 6.07) is 10.1. The maximum absolute atomic E-state index is 14.0. The van der Waals surface area contributed by atoms with Crippen LogP contribution in [0, 0.1) is 5.82 Å². The lowest BCUT2D eigenvalue weighted by Gasteiger charge is -2.07. The molecule has 0 aliphatic heterocycles. The molecule has 1 amide bonds. The van der Waals surface area contributed by atoms with Gasteiger partial charge in [-0.3, -0.25) is 4.79 Å². The van der Waals surface area contributed by atoms with Gasteiger partial charge >= 0.3 is 0 Å². The standard InChI is InChI=1S/C15H14ClFN2OS/c1-2-19-15(20)9-3-5-10(6-4-9)21-12-8-7-11(18)13(16)14(12)17/h3-8H,2,18H2,1H3,(H,19,20). The highest BCUT2D eigenvalue weighted by molar-refractivity contribution is 7.99. The minimum atomic E-state index is -0.533. The number of nitrogens with two attached hydrogens (primary N) is 1. The maximum Gasteiger partial charge on any atom is 0.251 e. The second kappa shape index (κ2) is 6.83. The van der Waals surface area contributed by atoms with Crippen molar-refractivity contribution in [2.24, 2.45) is 0 Å². The molecule has 2 aromatic rings. The molecule has 0 saturated carbocycles. The molecule has 3 nitrogen and oxygen atoms in total. The Kier molecular flexibility index (Phi) is 5.09. The lowest BCUT2D eigenvalue weighted by molar-refractivity contribution is 0.0956. The van der Waals surface area contributed by atoms with E-state index in [0.717, 1.165) is 4.90 Å². The van der Waals surface area contributed by atoms with Crippen molar-refractivity contribution in [3.63, 3.8) is 0 Å². The normalized spacial score (nSPS) is 10.4. The molecule has 3 N–H and O–H groups in total. The fourth-order valence-electron chi connectivity index (χ4n) is 1.69. The first kappa shape index (κ1) is 15.7. The molecule has 0 saturated heterocycles. The Morgan fingerprint density at radius 1 is 1.29 bits per heavy atom. The Balaban J connectivity index is 2.17. The van der Waals surface area contributed by atoms with Crippen molar-refractivity contribution in [3.05, 3.63) is 52.8 Å². The SMILES string of the molecule is CCNC(=O)c1ccc(Sc2ccc(N)c(Cl)c2F)cc1. The predicted octanol–water partition coefficient (Wildman–Crippen LogP) is 3.96. The first-order valence-corrected chi connectivity index (χ1v) is 7.52. The number of hydrogen-bond acceptors (Lipinski definition) is 3. The molecule has 0 aliphatic carbocycles. The third-order valence-corrected chi connectivity index (χ3v) is 4.19. The number of rotatable bonds is 4. The van der Waals surface area contributed by atoms with Crippen molar-refractivity contribution in [2.75, 3.05) is 12.3 Å². The van der Waals surface area contributed by atoms with Crippen LogP contribution in [0.25, 0.3) is 0 Å². The molecule has 0 spiro atoms. The number of carbonyl (C=O) groups excluding carboxylic acids is 1. The molecule has 0 radical (unpaired) electrons. The van der Waals surface area contributed by atoms with Crippen molar-refractivity contribution in [2.45, 2.75) is 16.7 Å². The van der Waals surface area contributed by atoms with Crippen molar-refractivity contribution >= 4 is 35.0 Å². The van der Waals surface area contributed by atoms with Gasteiger partial charge in [-0.1, -0.05) is 23.4 Å². The van der Waals surface area contributed by atoms with E-state index in [1.54, 1.807) is 36.4 Å². The predicted molar refractivity (Wildman–Crippen MR) is 84.4 cm³/mol. The minimum absolute atomic E-state index is 0.0704. The van der Waals surface area contributed by atoms with E-state index < -0.39 is 5.82 Å². The first-order valence-electron chi connectivity index (χ1n) is 6.32. The highest BCUT2D eigenvalue weighted by Crippen LogP contribution is 2.35. The monoisotopic (exact) mass is 324 g/mol. The smallest absolute Gasteiger partial charge is 0.251 e. The zero-order valence-corrected chi connectivity index (χ0v) is 12.9. The Morgan fingerprint density at radius 3 is 2.57 bits per heavy atom. The van der Waals surface area contributed by atoms with E-state index in [1.807, 2.05) is 6.92 Å². The van der Waals surface area contributed by atoms with Gasteiger partial charge < -0.3 is 11.1 Å². The van der Waals surface area contributed by atoms with Gasteiger partial charge in [-0.15, -0.1) is 0 Å². The third-order valence-electron chi connectivity index (χ3n) is 2.76. The van der Waals surface area contributed by atoms with Gasteiger partial charge in [0.25, 0.3) is 5.91 Å². The van der Waals surface area contributed by atoms with Crippen LogP contribution in [0.1, 0.15) is 17.3 Å². The van der Waals surface area contributed by atoms with Crippen molar-refractivity contribution in [1.82, 2.24) is 5.32 Å². The van der Waals surface area contributed by atoms with Crippen LogP contribution in [-0.4, -0.2) is 12.5 Å². The molecule has 2 aromatic carbocycles. The summed E-state index contributed by atoms with van der Waals surface area (Å²) in [5.74, 6) is -0.662. The molecule has 110 valence electrons. The van der Waals surface area contributed by atoms with Crippen LogP contribution >= 0.6 is 23.4 Å². The summed E-state index contributed by atoms with van der Waals surface area (Å²) in [6.07, 6.45) is 0. The van der Waals surface area contributed by atoms with Crippen LogP contribution in [-0.2, 0) is 0 Å². The number of hydrogen-bond donors (Lipinski definition) is 2. The molecule has 2 rings (SSSR count). The molecule has 0 heterocycles. The summed E-state index contributed by atoms with van der Waals surface area (Å²) < 4.78 is 14.0. The number of nitrogens with one attached hydrogen (secondary N) is 1. The summed E-state index contributed by atoms with van der Waals surface area (Å²) in [4.78, 5) is 12.8. The van der Waals surface area contributed by atoms with Crippen LogP contribution in [0.15, 0.2) is 46.2 Å². The highest BCUT2D eigenvalue weighted by Gasteiger charge is 2.11. The Hall–Kier alpha value is -1.72. The average molecular weight is 325 g/mol. The van der Waals surface area contributed by atoms with Gasteiger partial charge in [0, 0.05) is 21.9 Å². The first-order chi connectivity index (χ1) is 10.0. The summed E-state index contributed by atoms with van der Waals surface area (Å²) in [6.45, 7) is 2.43. The highest BCUT2D eigenvalue weighted by atomic mass is 35.5. The number of nitrogen functional groups attached to an aromatic ring is 1. The molecular weight excluding hydrogens is 311 g/mol. The third kappa shape index (κ3) is 3.68. The van der Waals surface area contributed by atoms with E-state index in [9.17, 15) is 9.18 Å². The Morgan fingerprint density at radius 2 is 1.95 bits per heavy atom. The maximum atomic E-state index is 14.0. The average Bonchev–Trinajstić information content (AvgIpc) is 2.49. The van der Waals surface area contributed by atoms with Crippen LogP contribution in [0.3, 0.4) is 0 Å². The van der Waals surface area contributed by atoms with E-state index >= 15 is 0 Å². The van der Waals surface area contributed by atoms with Crippen LogP contribution in [0.5, 0.6) is 0 Å². The summed E-state index contributed by atoms with van der Waals surface area (Å²) in [5, 5.41) is 2.65. The fourth-order valence-corrected chi connectivity index (χ4v) is 2.76. The number of halogens is 2. The number of benzene rings is 2. The molecule has 0 aromatic heterocycles.